The average molecular weight is 390 g/mol. The quantitative estimate of drug-likeness (QED) is 0.520. The number of carbonyl (C=O) groups excluding carboxylic acids is 1. The minimum atomic E-state index is -0.349. The number of thiophene rings is 1. The molecule has 1 aliphatic rings. The van der Waals surface area contributed by atoms with E-state index in [0.29, 0.717) is 24.6 Å². The van der Waals surface area contributed by atoms with Gasteiger partial charge in [-0.1, -0.05) is 24.3 Å². The van der Waals surface area contributed by atoms with E-state index in [-0.39, 0.29) is 6.09 Å². The van der Waals surface area contributed by atoms with Crippen LogP contribution in [0.4, 0.5) is 4.79 Å². The maximum absolute atomic E-state index is 12.5. The van der Waals surface area contributed by atoms with Gasteiger partial charge in [0.05, 0.1) is 17.9 Å². The van der Waals surface area contributed by atoms with Gasteiger partial charge in [0.15, 0.2) is 5.65 Å². The average Bonchev–Trinajstić information content (AvgIpc) is 3.34. The highest BCUT2D eigenvalue weighted by Gasteiger charge is 2.27. The molecule has 0 bridgehead atoms. The number of hydrogen-bond donors (Lipinski definition) is 0. The van der Waals surface area contributed by atoms with Crippen LogP contribution >= 0.6 is 11.3 Å². The van der Waals surface area contributed by atoms with Gasteiger partial charge in [0, 0.05) is 22.4 Å². The molecule has 0 fully saturated rings. The molecule has 1 aliphatic heterocycles. The highest BCUT2D eigenvalue weighted by atomic mass is 32.1. The summed E-state index contributed by atoms with van der Waals surface area (Å²) in [7, 11) is 0. The molecular formula is C21H18N4O2S. The molecule has 7 heteroatoms. The molecule has 6 nitrogen and oxygen atoms in total. The number of fused-ring (bicyclic) bond motifs is 2. The van der Waals surface area contributed by atoms with E-state index >= 15 is 0 Å². The highest BCUT2D eigenvalue weighted by molar-refractivity contribution is 7.09. The van der Waals surface area contributed by atoms with Gasteiger partial charge < -0.3 is 9.64 Å². The van der Waals surface area contributed by atoms with Crippen molar-refractivity contribution >= 4 is 28.5 Å². The zero-order valence-corrected chi connectivity index (χ0v) is 16.1. The summed E-state index contributed by atoms with van der Waals surface area (Å²) < 4.78 is 7.35. The van der Waals surface area contributed by atoms with Crippen LogP contribution in [-0.4, -0.2) is 32.3 Å². The molecule has 1 amide bonds. The predicted octanol–water partition coefficient (Wildman–Crippen LogP) is 4.35. The topological polar surface area (TPSA) is 60.2 Å². The third-order valence-corrected chi connectivity index (χ3v) is 5.83. The number of para-hydroxylation sites is 1. The highest BCUT2D eigenvalue weighted by Crippen LogP contribution is 2.30. The summed E-state index contributed by atoms with van der Waals surface area (Å²) in [4.78, 5) is 20.1. The fourth-order valence-corrected chi connectivity index (χ4v) is 4.14. The normalized spacial score (nSPS) is 13.6. The maximum atomic E-state index is 12.5. The number of carbonyl (C=O) groups is 1. The maximum Gasteiger partial charge on any atom is 0.416 e. The zero-order valence-electron chi connectivity index (χ0n) is 15.3. The van der Waals surface area contributed by atoms with Gasteiger partial charge in [0.25, 0.3) is 0 Å². The molecule has 4 heterocycles. The van der Waals surface area contributed by atoms with Crippen LogP contribution in [0, 0.1) is 6.92 Å². The van der Waals surface area contributed by atoms with E-state index in [2.05, 4.69) is 16.1 Å². The molecule has 0 atom stereocenters. The number of hydrogen-bond acceptors (Lipinski definition) is 5. The molecule has 0 radical (unpaired) electrons. The Hall–Kier alpha value is -3.19. The van der Waals surface area contributed by atoms with E-state index in [0.717, 1.165) is 28.8 Å². The Labute approximate surface area is 166 Å². The zero-order chi connectivity index (χ0) is 19.1. The van der Waals surface area contributed by atoms with E-state index in [1.165, 1.54) is 4.88 Å². The fourth-order valence-electron chi connectivity index (χ4n) is 3.45. The van der Waals surface area contributed by atoms with Crippen molar-refractivity contribution in [3.63, 3.8) is 0 Å². The van der Waals surface area contributed by atoms with Crippen molar-refractivity contribution in [1.82, 2.24) is 19.7 Å². The van der Waals surface area contributed by atoms with Crippen molar-refractivity contribution in [3.8, 4) is 11.6 Å². The Kier molecular flexibility index (Phi) is 4.09. The lowest BCUT2D eigenvalue weighted by Crippen LogP contribution is -2.38. The summed E-state index contributed by atoms with van der Waals surface area (Å²) in [5.74, 6) is 0.377. The molecule has 0 aliphatic carbocycles. The molecule has 140 valence electrons. The molecule has 0 N–H and O–H groups in total. The number of aromatic nitrogens is 3. The summed E-state index contributed by atoms with van der Waals surface area (Å²) >= 11 is 1.70. The van der Waals surface area contributed by atoms with Crippen LogP contribution in [0.15, 0.2) is 53.9 Å². The lowest BCUT2D eigenvalue weighted by Gasteiger charge is -2.27. The van der Waals surface area contributed by atoms with Crippen molar-refractivity contribution in [2.24, 2.45) is 0 Å². The van der Waals surface area contributed by atoms with Gasteiger partial charge in [-0.2, -0.15) is 10.1 Å². The number of rotatable bonds is 4. The minimum absolute atomic E-state index is 0.349. The first-order valence-corrected chi connectivity index (χ1v) is 10.0. The first-order chi connectivity index (χ1) is 13.7. The van der Waals surface area contributed by atoms with Gasteiger partial charge in [-0.05, 0) is 43.0 Å². The standard InChI is InChI=1S/C21H18N4O2S/c1-14-18-12-15-13-24(10-9-17-8-5-11-28-17)21(26)27-20(15)22-19(18)25(23-14)16-6-3-2-4-7-16/h2-8,11-12H,9-10,13H2,1H3. The number of ether oxygens (including phenoxy) is 1. The first-order valence-electron chi connectivity index (χ1n) is 9.13. The van der Waals surface area contributed by atoms with Gasteiger partial charge in [-0.25, -0.2) is 9.48 Å². The van der Waals surface area contributed by atoms with Crippen LogP contribution in [-0.2, 0) is 13.0 Å². The smallest absolute Gasteiger partial charge is 0.391 e. The Balaban J connectivity index is 1.48. The largest absolute Gasteiger partial charge is 0.416 e. The second-order valence-corrected chi connectivity index (χ2v) is 7.81. The first kappa shape index (κ1) is 16.9. The SMILES string of the molecule is Cc1nn(-c2ccccc2)c2nc3c(cc12)CN(CCc1cccs1)C(=O)O3. The number of nitrogens with zero attached hydrogens (tertiary/aromatic N) is 4. The Morgan fingerprint density at radius 2 is 2.04 bits per heavy atom. The van der Waals surface area contributed by atoms with Gasteiger partial charge in [0.2, 0.25) is 5.88 Å². The van der Waals surface area contributed by atoms with Gasteiger partial charge in [-0.15, -0.1) is 11.3 Å². The molecule has 4 aromatic rings. The molecule has 1 aromatic carbocycles. The van der Waals surface area contributed by atoms with Crippen LogP contribution in [0.2, 0.25) is 0 Å². The van der Waals surface area contributed by atoms with Crippen LogP contribution in [0.25, 0.3) is 16.7 Å². The number of benzene rings is 1. The lowest BCUT2D eigenvalue weighted by atomic mass is 10.1. The summed E-state index contributed by atoms with van der Waals surface area (Å²) in [5, 5.41) is 7.66. The van der Waals surface area contributed by atoms with E-state index < -0.39 is 0 Å². The van der Waals surface area contributed by atoms with Crippen molar-refractivity contribution in [2.75, 3.05) is 6.54 Å². The molecule has 0 saturated carbocycles. The van der Waals surface area contributed by atoms with Crippen molar-refractivity contribution < 1.29 is 9.53 Å². The third-order valence-electron chi connectivity index (χ3n) is 4.89. The van der Waals surface area contributed by atoms with Crippen molar-refractivity contribution in [1.29, 1.82) is 0 Å². The monoisotopic (exact) mass is 390 g/mol. The summed E-state index contributed by atoms with van der Waals surface area (Å²) in [6.07, 6.45) is 0.473. The van der Waals surface area contributed by atoms with Crippen LogP contribution in [0.1, 0.15) is 16.1 Å². The molecular weight excluding hydrogens is 372 g/mol. The third kappa shape index (κ3) is 2.93. The lowest BCUT2D eigenvalue weighted by molar-refractivity contribution is 0.137. The van der Waals surface area contributed by atoms with Gasteiger partial charge in [0.1, 0.15) is 0 Å². The summed E-state index contributed by atoms with van der Waals surface area (Å²) in [6.45, 7) is 3.09. The summed E-state index contributed by atoms with van der Waals surface area (Å²) in [5.41, 5.74) is 3.43. The summed E-state index contributed by atoms with van der Waals surface area (Å²) in [6, 6.07) is 16.0. The van der Waals surface area contributed by atoms with Gasteiger partial charge >= 0.3 is 6.09 Å². The molecule has 28 heavy (non-hydrogen) atoms. The number of pyridine rings is 1. The Morgan fingerprint density at radius 3 is 2.82 bits per heavy atom. The van der Waals surface area contributed by atoms with Crippen LogP contribution in [0.3, 0.4) is 0 Å². The number of amides is 1. The predicted molar refractivity (Wildman–Crippen MR) is 108 cm³/mol. The van der Waals surface area contributed by atoms with E-state index in [9.17, 15) is 4.79 Å². The Morgan fingerprint density at radius 1 is 1.18 bits per heavy atom. The molecule has 0 spiro atoms. The van der Waals surface area contributed by atoms with Crippen molar-refractivity contribution in [3.05, 3.63) is 70.0 Å². The molecule has 0 saturated heterocycles. The molecule has 0 unspecified atom stereocenters. The van der Waals surface area contributed by atoms with Crippen LogP contribution < -0.4 is 4.74 Å². The second-order valence-electron chi connectivity index (χ2n) is 6.78. The van der Waals surface area contributed by atoms with E-state index in [1.807, 2.05) is 54.8 Å². The fraction of sp³-hybridized carbons (Fsp3) is 0.190. The van der Waals surface area contributed by atoms with E-state index in [1.54, 1.807) is 20.9 Å². The minimum Gasteiger partial charge on any atom is -0.391 e. The van der Waals surface area contributed by atoms with E-state index in [4.69, 9.17) is 4.74 Å². The molecule has 5 rings (SSSR count). The molecule has 3 aromatic heterocycles. The van der Waals surface area contributed by atoms with Crippen molar-refractivity contribution in [2.45, 2.75) is 19.9 Å². The van der Waals surface area contributed by atoms with Crippen LogP contribution in [0.5, 0.6) is 5.88 Å². The number of aryl methyl sites for hydroxylation is 1. The second kappa shape index (κ2) is 6.76. The van der Waals surface area contributed by atoms with Gasteiger partial charge in [-0.3, -0.25) is 0 Å². The Bertz CT molecular complexity index is 1150.